The van der Waals surface area contributed by atoms with Crippen LogP contribution in [0.3, 0.4) is 0 Å². The number of aromatic nitrogens is 2. The van der Waals surface area contributed by atoms with Crippen molar-refractivity contribution in [2.75, 3.05) is 51.8 Å². The summed E-state index contributed by atoms with van der Waals surface area (Å²) in [5.74, 6) is 1.78. The molecule has 0 aromatic carbocycles. The van der Waals surface area contributed by atoms with Crippen molar-refractivity contribution < 1.29 is 4.74 Å². The summed E-state index contributed by atoms with van der Waals surface area (Å²) < 4.78 is 9.83. The van der Waals surface area contributed by atoms with Gasteiger partial charge < -0.3 is 19.5 Å². The first-order chi connectivity index (χ1) is 16.3. The molecular formula is C27H37N5OS. The number of ether oxygens (including phenoxy) is 1. The Kier molecular flexibility index (Phi) is 5.52. The van der Waals surface area contributed by atoms with Crippen molar-refractivity contribution in [3.8, 4) is 11.3 Å². The quantitative estimate of drug-likeness (QED) is 0.574. The van der Waals surface area contributed by atoms with Crippen LogP contribution in [-0.4, -0.2) is 67.4 Å². The molecule has 3 aromatic rings. The number of hydrogen-bond donors (Lipinski definition) is 1. The van der Waals surface area contributed by atoms with Crippen LogP contribution in [0.4, 0.5) is 5.69 Å². The second-order valence-electron chi connectivity index (χ2n) is 11.2. The zero-order valence-corrected chi connectivity index (χ0v) is 21.9. The van der Waals surface area contributed by atoms with Crippen molar-refractivity contribution in [3.63, 3.8) is 0 Å². The molecule has 7 heteroatoms. The summed E-state index contributed by atoms with van der Waals surface area (Å²) in [6.07, 6.45) is 2.17. The van der Waals surface area contributed by atoms with E-state index in [9.17, 15) is 0 Å². The van der Waals surface area contributed by atoms with Gasteiger partial charge in [0.05, 0.1) is 40.9 Å². The van der Waals surface area contributed by atoms with Crippen LogP contribution < -0.4 is 10.2 Å². The Morgan fingerprint density at radius 3 is 2.74 bits per heavy atom. The molecule has 1 aliphatic carbocycles. The number of thiophene rings is 1. The predicted octanol–water partition coefficient (Wildman–Crippen LogP) is 4.22. The highest BCUT2D eigenvalue weighted by molar-refractivity contribution is 7.19. The maximum atomic E-state index is 6.08. The van der Waals surface area contributed by atoms with Gasteiger partial charge in [-0.15, -0.1) is 11.3 Å². The van der Waals surface area contributed by atoms with Gasteiger partial charge in [-0.3, -0.25) is 9.88 Å². The lowest BCUT2D eigenvalue weighted by Crippen LogP contribution is -2.41. The molecule has 3 aliphatic rings. The van der Waals surface area contributed by atoms with Crippen molar-refractivity contribution in [3.05, 3.63) is 35.0 Å². The minimum Gasteiger partial charge on any atom is -0.376 e. The smallest absolute Gasteiger partial charge is 0.0878 e. The molecule has 6 nitrogen and oxygen atoms in total. The van der Waals surface area contributed by atoms with Gasteiger partial charge in [0.2, 0.25) is 0 Å². The molecule has 182 valence electrons. The molecular weight excluding hydrogens is 442 g/mol. The third kappa shape index (κ3) is 3.77. The zero-order chi connectivity index (χ0) is 23.6. The van der Waals surface area contributed by atoms with E-state index in [1.165, 1.54) is 45.3 Å². The number of anilines is 1. The maximum Gasteiger partial charge on any atom is 0.0878 e. The summed E-state index contributed by atoms with van der Waals surface area (Å²) in [7, 11) is 4.25. The van der Waals surface area contributed by atoms with E-state index in [2.05, 4.69) is 72.7 Å². The molecule has 0 radical (unpaired) electrons. The molecule has 1 saturated carbocycles. The molecule has 6 rings (SSSR count). The van der Waals surface area contributed by atoms with Crippen LogP contribution in [0.25, 0.3) is 21.5 Å². The molecule has 3 atom stereocenters. The fourth-order valence-electron chi connectivity index (χ4n) is 6.31. The average Bonchev–Trinajstić information content (AvgIpc) is 3.29. The van der Waals surface area contributed by atoms with Gasteiger partial charge in [-0.1, -0.05) is 13.8 Å². The number of nitrogens with zero attached hydrogens (tertiary/aromatic N) is 4. The van der Waals surface area contributed by atoms with Crippen molar-refractivity contribution in [1.29, 1.82) is 0 Å². The fourth-order valence-corrected chi connectivity index (χ4v) is 7.49. The number of likely N-dealkylation sites (tertiary alicyclic amines) is 1. The minimum atomic E-state index is 0.190. The lowest BCUT2D eigenvalue weighted by Gasteiger charge is -2.26. The first kappa shape index (κ1) is 22.5. The van der Waals surface area contributed by atoms with Gasteiger partial charge in [0.15, 0.2) is 0 Å². The maximum absolute atomic E-state index is 6.08. The number of morpholine rings is 1. The Morgan fingerprint density at radius 1 is 1.24 bits per heavy atom. The number of pyridine rings is 1. The highest BCUT2D eigenvalue weighted by Gasteiger charge is 2.61. The number of fused-ring (bicyclic) bond motifs is 2. The SMILES string of the molecule is Cc1c(N(C)C)cc(-c2ccnc3cc(CN4CC5C(C4)C5(C)C)sc23)n1C[C@@H]1CNCCO1. The van der Waals surface area contributed by atoms with Crippen LogP contribution in [0.5, 0.6) is 0 Å². The van der Waals surface area contributed by atoms with E-state index in [-0.39, 0.29) is 6.10 Å². The van der Waals surface area contributed by atoms with Crippen molar-refractivity contribution in [1.82, 2.24) is 19.8 Å². The monoisotopic (exact) mass is 479 g/mol. The van der Waals surface area contributed by atoms with Gasteiger partial charge in [0.1, 0.15) is 0 Å². The van der Waals surface area contributed by atoms with Crippen molar-refractivity contribution in [2.24, 2.45) is 17.3 Å². The second-order valence-corrected chi connectivity index (χ2v) is 12.4. The molecule has 3 fully saturated rings. The summed E-state index contributed by atoms with van der Waals surface area (Å²) >= 11 is 1.93. The normalized spacial score (nSPS) is 26.2. The number of rotatable bonds is 6. The Morgan fingerprint density at radius 2 is 2.03 bits per heavy atom. The summed E-state index contributed by atoms with van der Waals surface area (Å²) in [5.41, 5.74) is 6.78. The standard InChI is InChI=1S/C27H37N5OS/c1-17-24(30(4)5)11-25(32(17)13-18-12-28-8-9-33-18)20-6-7-29-23-10-19(34-26(20)23)14-31-15-21-22(16-31)27(21,2)3/h6-7,10-11,18,21-22,28H,8-9,12-16H2,1-5H3/t18-,21?,22?/m0/s1. The summed E-state index contributed by atoms with van der Waals surface area (Å²) in [6.45, 7) is 14.1. The highest BCUT2D eigenvalue weighted by Crippen LogP contribution is 2.62. The molecule has 3 aromatic heterocycles. The van der Waals surface area contributed by atoms with Crippen LogP contribution in [0.15, 0.2) is 24.4 Å². The largest absolute Gasteiger partial charge is 0.376 e. The fraction of sp³-hybridized carbons (Fsp3) is 0.593. The van der Waals surface area contributed by atoms with Gasteiger partial charge in [-0.05, 0) is 42.4 Å². The number of piperidine rings is 1. The summed E-state index contributed by atoms with van der Waals surface area (Å²) in [5, 5.41) is 3.48. The van der Waals surface area contributed by atoms with E-state index in [0.717, 1.165) is 50.1 Å². The molecule has 0 spiro atoms. The molecule has 2 unspecified atom stereocenters. The zero-order valence-electron chi connectivity index (χ0n) is 21.1. The van der Waals surface area contributed by atoms with Gasteiger partial charge in [0, 0.05) is 69.2 Å². The summed E-state index contributed by atoms with van der Waals surface area (Å²) in [4.78, 5) is 11.0. The van der Waals surface area contributed by atoms with Gasteiger partial charge in [-0.25, -0.2) is 0 Å². The van der Waals surface area contributed by atoms with Crippen molar-refractivity contribution >= 4 is 27.2 Å². The molecule has 1 N–H and O–H groups in total. The van der Waals surface area contributed by atoms with E-state index >= 15 is 0 Å². The van der Waals surface area contributed by atoms with E-state index in [0.29, 0.717) is 5.41 Å². The van der Waals surface area contributed by atoms with Gasteiger partial charge >= 0.3 is 0 Å². The molecule has 0 amide bonds. The van der Waals surface area contributed by atoms with Crippen LogP contribution in [0, 0.1) is 24.2 Å². The molecule has 0 bridgehead atoms. The Balaban J connectivity index is 1.33. The first-order valence-electron chi connectivity index (χ1n) is 12.6. The van der Waals surface area contributed by atoms with E-state index < -0.39 is 0 Å². The highest BCUT2D eigenvalue weighted by atomic mass is 32.1. The molecule has 2 saturated heterocycles. The van der Waals surface area contributed by atoms with Crippen LogP contribution >= 0.6 is 11.3 Å². The van der Waals surface area contributed by atoms with Gasteiger partial charge in [0.25, 0.3) is 0 Å². The van der Waals surface area contributed by atoms with Gasteiger partial charge in [-0.2, -0.15) is 0 Å². The molecule has 5 heterocycles. The topological polar surface area (TPSA) is 45.6 Å². The first-order valence-corrected chi connectivity index (χ1v) is 13.4. The number of nitrogens with one attached hydrogen (secondary N) is 1. The average molecular weight is 480 g/mol. The third-order valence-electron chi connectivity index (χ3n) is 8.53. The second kappa shape index (κ2) is 8.33. The predicted molar refractivity (Wildman–Crippen MR) is 141 cm³/mol. The van der Waals surface area contributed by atoms with E-state index in [1.54, 1.807) is 0 Å². The Hall–Kier alpha value is -1.93. The van der Waals surface area contributed by atoms with Crippen LogP contribution in [0.1, 0.15) is 24.4 Å². The van der Waals surface area contributed by atoms with E-state index in [4.69, 9.17) is 9.72 Å². The summed E-state index contributed by atoms with van der Waals surface area (Å²) in [6, 6.07) is 6.86. The Bertz CT molecular complexity index is 1190. The minimum absolute atomic E-state index is 0.190. The molecule has 34 heavy (non-hydrogen) atoms. The van der Waals surface area contributed by atoms with E-state index in [1.807, 2.05) is 17.5 Å². The van der Waals surface area contributed by atoms with Crippen molar-refractivity contribution in [2.45, 2.75) is 40.0 Å². The third-order valence-corrected chi connectivity index (χ3v) is 9.67. The lowest BCUT2D eigenvalue weighted by atomic mass is 10.1. The molecule has 2 aliphatic heterocycles. The lowest BCUT2D eigenvalue weighted by molar-refractivity contribution is 0.0182. The van der Waals surface area contributed by atoms with Crippen LogP contribution in [-0.2, 0) is 17.8 Å². The van der Waals surface area contributed by atoms with Crippen LogP contribution in [0.2, 0.25) is 0 Å². The number of hydrogen-bond acceptors (Lipinski definition) is 6. The Labute approximate surface area is 206 Å².